The molecule has 0 saturated carbocycles. The fraction of sp³-hybridized carbons (Fsp3) is 0.714. The van der Waals surface area contributed by atoms with Gasteiger partial charge in [0.1, 0.15) is 5.84 Å². The van der Waals surface area contributed by atoms with Crippen molar-refractivity contribution < 1.29 is 5.21 Å². The molecule has 1 aromatic heterocycles. The van der Waals surface area contributed by atoms with Crippen molar-refractivity contribution >= 4 is 5.84 Å². The zero-order valence-electron chi connectivity index (χ0n) is 12.5. The minimum atomic E-state index is -0.276. The highest BCUT2D eigenvalue weighted by Gasteiger charge is 2.23. The van der Waals surface area contributed by atoms with Crippen molar-refractivity contribution in [2.24, 2.45) is 16.3 Å². The van der Waals surface area contributed by atoms with Crippen molar-refractivity contribution in [1.82, 2.24) is 9.78 Å². The molecule has 5 nitrogen and oxygen atoms in total. The van der Waals surface area contributed by atoms with E-state index in [2.05, 4.69) is 34.9 Å². The molecular formula is C14H26N4O. The van der Waals surface area contributed by atoms with Gasteiger partial charge >= 0.3 is 0 Å². The Hall–Kier alpha value is -1.52. The molecule has 1 aromatic rings. The maximum absolute atomic E-state index is 8.75. The van der Waals surface area contributed by atoms with E-state index in [4.69, 9.17) is 10.9 Å². The Morgan fingerprint density at radius 1 is 1.42 bits per heavy atom. The fourth-order valence-corrected chi connectivity index (χ4v) is 2.10. The zero-order chi connectivity index (χ0) is 14.5. The predicted molar refractivity (Wildman–Crippen MR) is 77.4 cm³/mol. The molecule has 0 bridgehead atoms. The quantitative estimate of drug-likeness (QED) is 0.344. The minimum Gasteiger partial charge on any atom is -0.409 e. The first-order valence-electron chi connectivity index (χ1n) is 6.98. The molecular weight excluding hydrogens is 240 g/mol. The number of rotatable bonds is 7. The van der Waals surface area contributed by atoms with E-state index in [-0.39, 0.29) is 11.3 Å². The van der Waals surface area contributed by atoms with Crippen LogP contribution < -0.4 is 5.73 Å². The monoisotopic (exact) mass is 266 g/mol. The third-order valence-corrected chi connectivity index (χ3v) is 3.61. The lowest BCUT2D eigenvalue weighted by molar-refractivity contribution is 0.303. The number of hydrogen-bond donors (Lipinski definition) is 2. The van der Waals surface area contributed by atoms with Crippen LogP contribution in [0.2, 0.25) is 0 Å². The molecule has 0 aliphatic carbocycles. The van der Waals surface area contributed by atoms with Crippen LogP contribution in [0.4, 0.5) is 0 Å². The van der Waals surface area contributed by atoms with E-state index in [1.54, 1.807) is 0 Å². The highest BCUT2D eigenvalue weighted by Crippen LogP contribution is 2.23. The first-order valence-corrected chi connectivity index (χ1v) is 6.98. The summed E-state index contributed by atoms with van der Waals surface area (Å²) in [5, 5.41) is 16.4. The molecule has 108 valence electrons. The first-order chi connectivity index (χ1) is 8.94. The maximum atomic E-state index is 8.75. The van der Waals surface area contributed by atoms with Gasteiger partial charge < -0.3 is 10.9 Å². The smallest absolute Gasteiger partial charge is 0.144 e. The molecule has 1 rings (SSSR count). The number of aromatic nitrogens is 2. The van der Waals surface area contributed by atoms with Crippen LogP contribution >= 0.6 is 0 Å². The topological polar surface area (TPSA) is 76.4 Å². The maximum Gasteiger partial charge on any atom is 0.144 e. The van der Waals surface area contributed by atoms with E-state index < -0.39 is 0 Å². The summed E-state index contributed by atoms with van der Waals surface area (Å²) in [5.74, 6) is 0.290. The lowest BCUT2D eigenvalue weighted by Crippen LogP contribution is -2.32. The molecule has 0 aliphatic rings. The van der Waals surface area contributed by atoms with Crippen LogP contribution in [0, 0.1) is 5.41 Å². The average Bonchev–Trinajstić information content (AvgIpc) is 2.80. The van der Waals surface area contributed by atoms with Gasteiger partial charge in [0, 0.05) is 17.7 Å². The van der Waals surface area contributed by atoms with Gasteiger partial charge in [-0.3, -0.25) is 4.68 Å². The summed E-state index contributed by atoms with van der Waals surface area (Å²) in [5.41, 5.74) is 7.84. The van der Waals surface area contributed by atoms with E-state index >= 15 is 0 Å². The fourth-order valence-electron chi connectivity index (χ4n) is 2.10. The molecule has 3 N–H and O–H groups in total. The van der Waals surface area contributed by atoms with Crippen LogP contribution in [0.5, 0.6) is 0 Å². The number of oxime groups is 1. The summed E-state index contributed by atoms with van der Waals surface area (Å²) in [7, 11) is 0. The summed E-state index contributed by atoms with van der Waals surface area (Å²) in [4.78, 5) is 0. The van der Waals surface area contributed by atoms with E-state index in [1.165, 1.54) is 5.69 Å². The Kier molecular flexibility index (Phi) is 5.39. The normalized spacial score (nSPS) is 12.9. The molecule has 0 atom stereocenters. The average molecular weight is 266 g/mol. The van der Waals surface area contributed by atoms with Crippen LogP contribution in [-0.2, 0) is 19.4 Å². The van der Waals surface area contributed by atoms with Gasteiger partial charge in [0.25, 0.3) is 0 Å². The Morgan fingerprint density at radius 3 is 2.63 bits per heavy atom. The molecule has 0 aromatic carbocycles. The van der Waals surface area contributed by atoms with Crippen molar-refractivity contribution in [1.29, 1.82) is 0 Å². The van der Waals surface area contributed by atoms with Gasteiger partial charge in [0.15, 0.2) is 0 Å². The van der Waals surface area contributed by atoms with Gasteiger partial charge in [0.05, 0.1) is 5.69 Å². The lowest BCUT2D eigenvalue weighted by atomic mass is 9.86. The number of nitrogens with zero attached hydrogens (tertiary/aromatic N) is 3. The van der Waals surface area contributed by atoms with Gasteiger partial charge in [-0.15, -0.1) is 0 Å². The lowest BCUT2D eigenvalue weighted by Gasteiger charge is -2.22. The number of aryl methyl sites for hydroxylation is 3. The van der Waals surface area contributed by atoms with Gasteiger partial charge in [0.2, 0.25) is 0 Å². The standard InChI is InChI=1S/C14H26N4O/c1-5-11-10-12(6-2)18(16-11)9-7-8-14(3,4)13(15)17-19/h10,19H,5-9H2,1-4H3,(H2,15,17). The van der Waals surface area contributed by atoms with Crippen molar-refractivity contribution in [3.8, 4) is 0 Å². The van der Waals surface area contributed by atoms with Gasteiger partial charge in [-0.25, -0.2) is 0 Å². The third-order valence-electron chi connectivity index (χ3n) is 3.61. The highest BCUT2D eigenvalue weighted by molar-refractivity contribution is 5.85. The molecule has 0 amide bonds. The van der Waals surface area contributed by atoms with E-state index in [0.29, 0.717) is 0 Å². The number of nitrogens with two attached hydrogens (primary N) is 1. The Labute approximate surface area is 115 Å². The Morgan fingerprint density at radius 2 is 2.11 bits per heavy atom. The molecule has 0 radical (unpaired) electrons. The molecule has 0 fully saturated rings. The minimum absolute atomic E-state index is 0.276. The first kappa shape index (κ1) is 15.5. The SMILES string of the molecule is CCc1cc(CC)n(CCCC(C)(C)/C(N)=N/O)n1. The largest absolute Gasteiger partial charge is 0.409 e. The third kappa shape index (κ3) is 3.98. The van der Waals surface area contributed by atoms with Crippen LogP contribution in [0.15, 0.2) is 11.2 Å². The molecule has 0 aliphatic heterocycles. The molecule has 0 unspecified atom stereocenters. The van der Waals surface area contributed by atoms with E-state index in [1.807, 2.05) is 13.8 Å². The van der Waals surface area contributed by atoms with Crippen LogP contribution in [0.1, 0.15) is 51.9 Å². The van der Waals surface area contributed by atoms with E-state index in [0.717, 1.165) is 37.9 Å². The zero-order valence-corrected chi connectivity index (χ0v) is 12.5. The summed E-state index contributed by atoms with van der Waals surface area (Å²) >= 11 is 0. The summed E-state index contributed by atoms with van der Waals surface area (Å²) < 4.78 is 2.08. The van der Waals surface area contributed by atoms with E-state index in [9.17, 15) is 0 Å². The van der Waals surface area contributed by atoms with Crippen molar-refractivity contribution in [3.05, 3.63) is 17.5 Å². The second-order valence-corrected chi connectivity index (χ2v) is 5.53. The van der Waals surface area contributed by atoms with Gasteiger partial charge in [-0.1, -0.05) is 32.9 Å². The van der Waals surface area contributed by atoms with Crippen molar-refractivity contribution in [2.45, 2.75) is 59.9 Å². The van der Waals surface area contributed by atoms with Gasteiger partial charge in [-0.05, 0) is 31.7 Å². The van der Waals surface area contributed by atoms with Crippen LogP contribution in [0.3, 0.4) is 0 Å². The number of hydrogen-bond acceptors (Lipinski definition) is 3. The predicted octanol–water partition coefficient (Wildman–Crippen LogP) is 2.56. The molecule has 0 spiro atoms. The highest BCUT2D eigenvalue weighted by atomic mass is 16.4. The summed E-state index contributed by atoms with van der Waals surface area (Å²) in [6, 6.07) is 2.18. The Bertz CT molecular complexity index is 435. The summed E-state index contributed by atoms with van der Waals surface area (Å²) in [6.07, 6.45) is 3.79. The molecule has 0 saturated heterocycles. The van der Waals surface area contributed by atoms with Crippen LogP contribution in [-0.4, -0.2) is 20.8 Å². The Balaban J connectivity index is 2.60. The summed E-state index contributed by atoms with van der Waals surface area (Å²) in [6.45, 7) is 9.12. The molecule has 1 heterocycles. The second kappa shape index (κ2) is 6.59. The molecule has 19 heavy (non-hydrogen) atoms. The molecule has 5 heteroatoms. The van der Waals surface area contributed by atoms with Crippen molar-refractivity contribution in [2.75, 3.05) is 0 Å². The number of amidine groups is 1. The second-order valence-electron chi connectivity index (χ2n) is 5.53. The van der Waals surface area contributed by atoms with Gasteiger partial charge in [-0.2, -0.15) is 5.10 Å². The van der Waals surface area contributed by atoms with Crippen molar-refractivity contribution in [3.63, 3.8) is 0 Å². The van der Waals surface area contributed by atoms with Crippen LogP contribution in [0.25, 0.3) is 0 Å².